The van der Waals surface area contributed by atoms with Gasteiger partial charge in [0.2, 0.25) is 5.95 Å². The predicted molar refractivity (Wildman–Crippen MR) is 98.8 cm³/mol. The SMILES string of the molecule is CCN(CC)c1nc(C)cc(C(=O)N(C)Cc2c(C)nn(C)c2C)n1. The van der Waals surface area contributed by atoms with Gasteiger partial charge in [-0.2, -0.15) is 5.10 Å². The molecule has 1 amide bonds. The third-order valence-corrected chi connectivity index (χ3v) is 4.51. The van der Waals surface area contributed by atoms with Crippen molar-refractivity contribution in [2.45, 2.75) is 41.2 Å². The molecule has 0 aliphatic heterocycles. The van der Waals surface area contributed by atoms with Gasteiger partial charge >= 0.3 is 0 Å². The molecule has 0 atom stereocenters. The highest BCUT2D eigenvalue weighted by molar-refractivity contribution is 5.92. The normalized spacial score (nSPS) is 10.8. The molecule has 0 bridgehead atoms. The molecule has 136 valence electrons. The van der Waals surface area contributed by atoms with E-state index in [0.29, 0.717) is 18.2 Å². The standard InChI is InChI=1S/C18H28N6O/c1-8-24(9-2)18-19-12(3)10-16(20-18)17(25)22(6)11-15-13(4)21-23(7)14(15)5/h10H,8-9,11H2,1-7H3. The zero-order valence-electron chi connectivity index (χ0n) is 16.3. The van der Waals surface area contributed by atoms with Crippen molar-refractivity contribution in [3.05, 3.63) is 34.4 Å². The second-order valence-corrected chi connectivity index (χ2v) is 6.30. The molecule has 2 aromatic heterocycles. The lowest BCUT2D eigenvalue weighted by Gasteiger charge is -2.21. The van der Waals surface area contributed by atoms with Crippen LogP contribution in [0.1, 0.15) is 47.0 Å². The lowest BCUT2D eigenvalue weighted by Crippen LogP contribution is -2.30. The Morgan fingerprint density at radius 2 is 1.80 bits per heavy atom. The molecule has 0 unspecified atom stereocenters. The van der Waals surface area contributed by atoms with Crippen molar-refractivity contribution in [2.24, 2.45) is 7.05 Å². The summed E-state index contributed by atoms with van der Waals surface area (Å²) in [6, 6.07) is 1.74. The molecular weight excluding hydrogens is 316 g/mol. The van der Waals surface area contributed by atoms with E-state index in [-0.39, 0.29) is 5.91 Å². The molecule has 0 fully saturated rings. The lowest BCUT2D eigenvalue weighted by atomic mass is 10.2. The van der Waals surface area contributed by atoms with Crippen LogP contribution in [-0.4, -0.2) is 50.7 Å². The highest BCUT2D eigenvalue weighted by atomic mass is 16.2. The Hall–Kier alpha value is -2.44. The van der Waals surface area contributed by atoms with Gasteiger partial charge in [-0.25, -0.2) is 9.97 Å². The molecule has 25 heavy (non-hydrogen) atoms. The van der Waals surface area contributed by atoms with E-state index < -0.39 is 0 Å². The van der Waals surface area contributed by atoms with Gasteiger partial charge in [-0.3, -0.25) is 9.48 Å². The Bertz CT molecular complexity index is 763. The van der Waals surface area contributed by atoms with E-state index in [1.165, 1.54) is 0 Å². The van der Waals surface area contributed by atoms with E-state index in [4.69, 9.17) is 0 Å². The first-order chi connectivity index (χ1) is 11.8. The summed E-state index contributed by atoms with van der Waals surface area (Å²) in [6.45, 7) is 12.1. The molecule has 0 saturated carbocycles. The van der Waals surface area contributed by atoms with Crippen LogP contribution in [0.15, 0.2) is 6.07 Å². The van der Waals surface area contributed by atoms with Crippen molar-refractivity contribution in [2.75, 3.05) is 25.0 Å². The van der Waals surface area contributed by atoms with Crippen LogP contribution in [0, 0.1) is 20.8 Å². The van der Waals surface area contributed by atoms with E-state index in [2.05, 4.69) is 28.9 Å². The predicted octanol–water partition coefficient (Wildman–Crippen LogP) is 2.25. The first kappa shape index (κ1) is 18.9. The zero-order chi connectivity index (χ0) is 18.7. The number of aromatic nitrogens is 4. The number of amides is 1. The Labute approximate surface area is 149 Å². The van der Waals surface area contributed by atoms with Gasteiger partial charge in [-0.15, -0.1) is 0 Å². The number of nitrogens with zero attached hydrogens (tertiary/aromatic N) is 6. The molecule has 0 aromatic carbocycles. The Kier molecular flexibility index (Phi) is 5.77. The smallest absolute Gasteiger partial charge is 0.272 e. The fourth-order valence-electron chi connectivity index (χ4n) is 2.86. The van der Waals surface area contributed by atoms with Crippen LogP contribution >= 0.6 is 0 Å². The number of hydrogen-bond acceptors (Lipinski definition) is 5. The largest absolute Gasteiger partial charge is 0.341 e. The quantitative estimate of drug-likeness (QED) is 0.804. The second kappa shape index (κ2) is 7.63. The van der Waals surface area contributed by atoms with Crippen molar-refractivity contribution in [3.63, 3.8) is 0 Å². The highest BCUT2D eigenvalue weighted by Gasteiger charge is 2.19. The summed E-state index contributed by atoms with van der Waals surface area (Å²) in [7, 11) is 3.71. The zero-order valence-corrected chi connectivity index (χ0v) is 16.3. The molecule has 0 aliphatic carbocycles. The summed E-state index contributed by atoms with van der Waals surface area (Å²) in [5.74, 6) is 0.497. The number of carbonyl (C=O) groups excluding carboxylic acids is 1. The summed E-state index contributed by atoms with van der Waals surface area (Å²) in [5, 5.41) is 4.42. The minimum Gasteiger partial charge on any atom is -0.341 e. The minimum absolute atomic E-state index is 0.110. The van der Waals surface area contributed by atoms with Gasteiger partial charge < -0.3 is 9.80 Å². The Morgan fingerprint density at radius 1 is 1.16 bits per heavy atom. The van der Waals surface area contributed by atoms with Crippen LogP contribution in [0.5, 0.6) is 0 Å². The van der Waals surface area contributed by atoms with Crippen LogP contribution in [0.2, 0.25) is 0 Å². The van der Waals surface area contributed by atoms with Gasteiger partial charge in [-0.05, 0) is 40.7 Å². The fourth-order valence-corrected chi connectivity index (χ4v) is 2.86. The molecule has 0 N–H and O–H groups in total. The molecular formula is C18H28N6O. The minimum atomic E-state index is -0.110. The molecule has 7 nitrogen and oxygen atoms in total. The van der Waals surface area contributed by atoms with Crippen molar-refractivity contribution in [1.29, 1.82) is 0 Å². The third kappa shape index (κ3) is 3.97. The lowest BCUT2D eigenvalue weighted by molar-refractivity contribution is 0.0778. The Balaban J connectivity index is 2.27. The van der Waals surface area contributed by atoms with Crippen LogP contribution < -0.4 is 4.90 Å². The van der Waals surface area contributed by atoms with Crippen LogP contribution in [0.3, 0.4) is 0 Å². The van der Waals surface area contributed by atoms with Gasteiger partial charge in [0.1, 0.15) is 5.69 Å². The van der Waals surface area contributed by atoms with Crippen molar-refractivity contribution >= 4 is 11.9 Å². The summed E-state index contributed by atoms with van der Waals surface area (Å²) in [5.41, 5.74) is 4.31. The molecule has 0 saturated heterocycles. The topological polar surface area (TPSA) is 67.2 Å². The van der Waals surface area contributed by atoms with Crippen molar-refractivity contribution in [1.82, 2.24) is 24.6 Å². The highest BCUT2D eigenvalue weighted by Crippen LogP contribution is 2.16. The first-order valence-corrected chi connectivity index (χ1v) is 8.63. The average molecular weight is 344 g/mol. The van der Waals surface area contributed by atoms with Crippen LogP contribution in [0.25, 0.3) is 0 Å². The molecule has 2 aromatic rings. The maximum atomic E-state index is 12.9. The number of hydrogen-bond donors (Lipinski definition) is 0. The molecule has 7 heteroatoms. The van der Waals surface area contributed by atoms with E-state index in [1.807, 2.05) is 37.4 Å². The molecule has 2 heterocycles. The summed E-state index contributed by atoms with van der Waals surface area (Å²) < 4.78 is 1.84. The monoisotopic (exact) mass is 344 g/mol. The fraction of sp³-hybridized carbons (Fsp3) is 0.556. The van der Waals surface area contributed by atoms with Crippen LogP contribution in [0.4, 0.5) is 5.95 Å². The molecule has 0 aliphatic rings. The van der Waals surface area contributed by atoms with Crippen molar-refractivity contribution in [3.8, 4) is 0 Å². The average Bonchev–Trinajstić information content (AvgIpc) is 2.81. The van der Waals surface area contributed by atoms with E-state index in [0.717, 1.165) is 35.7 Å². The van der Waals surface area contributed by atoms with E-state index >= 15 is 0 Å². The second-order valence-electron chi connectivity index (χ2n) is 6.30. The molecule has 2 rings (SSSR count). The third-order valence-electron chi connectivity index (χ3n) is 4.51. The molecule has 0 radical (unpaired) electrons. The van der Waals surface area contributed by atoms with Gasteiger partial charge in [0.25, 0.3) is 5.91 Å². The summed E-state index contributed by atoms with van der Waals surface area (Å²) in [4.78, 5) is 25.6. The van der Waals surface area contributed by atoms with E-state index in [9.17, 15) is 4.79 Å². The van der Waals surface area contributed by atoms with Gasteiger partial charge in [-0.1, -0.05) is 0 Å². The van der Waals surface area contributed by atoms with E-state index in [1.54, 1.807) is 18.0 Å². The first-order valence-electron chi connectivity index (χ1n) is 8.63. The van der Waals surface area contributed by atoms with Crippen molar-refractivity contribution < 1.29 is 4.79 Å². The summed E-state index contributed by atoms with van der Waals surface area (Å²) >= 11 is 0. The molecule has 0 spiro atoms. The number of anilines is 1. The van der Waals surface area contributed by atoms with Gasteiger partial charge in [0.05, 0.1) is 5.69 Å². The number of rotatable bonds is 6. The van der Waals surface area contributed by atoms with Gasteiger partial charge in [0.15, 0.2) is 0 Å². The maximum Gasteiger partial charge on any atom is 0.272 e. The number of carbonyl (C=O) groups is 1. The Morgan fingerprint density at radius 3 is 2.32 bits per heavy atom. The maximum absolute atomic E-state index is 12.9. The van der Waals surface area contributed by atoms with Gasteiger partial charge in [0, 0.05) is 50.7 Å². The van der Waals surface area contributed by atoms with Crippen LogP contribution in [-0.2, 0) is 13.6 Å². The summed E-state index contributed by atoms with van der Waals surface area (Å²) in [6.07, 6.45) is 0. The number of aryl methyl sites for hydroxylation is 3.